The van der Waals surface area contributed by atoms with Gasteiger partial charge >= 0.3 is 0 Å². The Kier molecular flexibility index (Phi) is 4.18. The van der Waals surface area contributed by atoms with Gasteiger partial charge in [-0.15, -0.1) is 0 Å². The second kappa shape index (κ2) is 5.65. The van der Waals surface area contributed by atoms with Crippen LogP contribution in [0.15, 0.2) is 16.9 Å². The summed E-state index contributed by atoms with van der Waals surface area (Å²) in [4.78, 5) is 2.53. The number of piperazine rings is 1. The first-order valence-electron chi connectivity index (χ1n) is 6.57. The average molecular weight is 237 g/mol. The minimum atomic E-state index is 0.592. The van der Waals surface area contributed by atoms with Crippen molar-refractivity contribution in [3.8, 4) is 0 Å². The Bertz CT molecular complexity index is 323. The maximum absolute atomic E-state index is 4.91. The quantitative estimate of drug-likeness (QED) is 0.868. The molecule has 0 saturated carbocycles. The lowest BCUT2D eigenvalue weighted by atomic mass is 9.97. The van der Waals surface area contributed by atoms with Gasteiger partial charge in [-0.2, -0.15) is 0 Å². The second-order valence-electron chi connectivity index (χ2n) is 5.25. The van der Waals surface area contributed by atoms with Crippen molar-refractivity contribution in [1.82, 2.24) is 15.4 Å². The Morgan fingerprint density at radius 2 is 2.41 bits per heavy atom. The summed E-state index contributed by atoms with van der Waals surface area (Å²) in [7, 11) is 0. The first kappa shape index (κ1) is 12.6. The molecule has 2 heterocycles. The number of nitrogens with zero attached hydrogens (tertiary/aromatic N) is 2. The summed E-state index contributed by atoms with van der Waals surface area (Å²) in [5, 5.41) is 7.64. The van der Waals surface area contributed by atoms with E-state index in [0.717, 1.165) is 25.3 Å². The monoisotopic (exact) mass is 237 g/mol. The second-order valence-corrected chi connectivity index (χ2v) is 5.25. The molecule has 0 aromatic carbocycles. The molecule has 0 amide bonds. The number of rotatable bonds is 4. The summed E-state index contributed by atoms with van der Waals surface area (Å²) in [6.07, 6.45) is 2.83. The maximum atomic E-state index is 4.91. The molecule has 4 nitrogen and oxygen atoms in total. The molecule has 0 bridgehead atoms. The van der Waals surface area contributed by atoms with Gasteiger partial charge in [0.15, 0.2) is 0 Å². The van der Waals surface area contributed by atoms with Crippen molar-refractivity contribution in [2.45, 2.75) is 45.8 Å². The Balaban J connectivity index is 2.02. The lowest BCUT2D eigenvalue weighted by molar-refractivity contribution is 0.0877. The third kappa shape index (κ3) is 3.07. The van der Waals surface area contributed by atoms with Gasteiger partial charge < -0.3 is 9.84 Å². The lowest BCUT2D eigenvalue weighted by Crippen LogP contribution is -2.57. The standard InChI is InChI=1S/C13H23N3O/c1-4-11-8-16(9-12-5-6-17-15-12)13(7-14-11)10(2)3/h5-6,10-11,13-14H,4,7-9H2,1-3H3. The zero-order valence-corrected chi connectivity index (χ0v) is 11.0. The Morgan fingerprint density at radius 1 is 1.59 bits per heavy atom. The highest BCUT2D eigenvalue weighted by atomic mass is 16.5. The maximum Gasteiger partial charge on any atom is 0.124 e. The van der Waals surface area contributed by atoms with E-state index in [2.05, 4.69) is 36.1 Å². The van der Waals surface area contributed by atoms with Crippen LogP contribution in [0.3, 0.4) is 0 Å². The predicted molar refractivity (Wildman–Crippen MR) is 67.6 cm³/mol. The molecule has 2 atom stereocenters. The normalized spacial score (nSPS) is 26.6. The molecule has 0 spiro atoms. The molecule has 1 N–H and O–H groups in total. The fraction of sp³-hybridized carbons (Fsp3) is 0.769. The van der Waals surface area contributed by atoms with Crippen LogP contribution < -0.4 is 5.32 Å². The van der Waals surface area contributed by atoms with Crippen molar-refractivity contribution < 1.29 is 4.52 Å². The van der Waals surface area contributed by atoms with E-state index in [1.165, 1.54) is 6.42 Å². The van der Waals surface area contributed by atoms with Crippen LogP contribution in [-0.2, 0) is 6.54 Å². The largest absolute Gasteiger partial charge is 0.364 e. The molecule has 2 unspecified atom stereocenters. The fourth-order valence-electron chi connectivity index (χ4n) is 2.54. The van der Waals surface area contributed by atoms with E-state index in [9.17, 15) is 0 Å². The molecule has 0 aliphatic carbocycles. The Morgan fingerprint density at radius 3 is 3.00 bits per heavy atom. The van der Waals surface area contributed by atoms with E-state index in [-0.39, 0.29) is 0 Å². The molecule has 4 heteroatoms. The smallest absolute Gasteiger partial charge is 0.124 e. The molecule has 2 rings (SSSR count). The number of aromatic nitrogens is 1. The van der Waals surface area contributed by atoms with Crippen LogP contribution in [0, 0.1) is 5.92 Å². The molecule has 1 saturated heterocycles. The fourth-order valence-corrected chi connectivity index (χ4v) is 2.54. The van der Waals surface area contributed by atoms with Crippen molar-refractivity contribution in [3.63, 3.8) is 0 Å². The van der Waals surface area contributed by atoms with Gasteiger partial charge in [0.2, 0.25) is 0 Å². The van der Waals surface area contributed by atoms with E-state index in [0.29, 0.717) is 18.0 Å². The van der Waals surface area contributed by atoms with Crippen LogP contribution in [0.5, 0.6) is 0 Å². The van der Waals surface area contributed by atoms with Gasteiger partial charge in [-0.05, 0) is 12.3 Å². The number of hydrogen-bond donors (Lipinski definition) is 1. The Labute approximate surface area is 103 Å². The van der Waals surface area contributed by atoms with Gasteiger partial charge in [0, 0.05) is 37.8 Å². The van der Waals surface area contributed by atoms with Crippen molar-refractivity contribution in [1.29, 1.82) is 0 Å². The van der Waals surface area contributed by atoms with E-state index >= 15 is 0 Å². The lowest BCUT2D eigenvalue weighted by Gasteiger charge is -2.41. The van der Waals surface area contributed by atoms with Crippen LogP contribution in [0.1, 0.15) is 32.9 Å². The van der Waals surface area contributed by atoms with Crippen molar-refractivity contribution >= 4 is 0 Å². The molecule has 1 aromatic heterocycles. The molecular weight excluding hydrogens is 214 g/mol. The van der Waals surface area contributed by atoms with Gasteiger partial charge in [-0.25, -0.2) is 0 Å². The van der Waals surface area contributed by atoms with Crippen LogP contribution in [0.25, 0.3) is 0 Å². The molecule has 1 aliphatic heterocycles. The van der Waals surface area contributed by atoms with Gasteiger partial charge in [0.1, 0.15) is 6.26 Å². The highest BCUT2D eigenvalue weighted by molar-refractivity contribution is 4.98. The van der Waals surface area contributed by atoms with E-state index in [4.69, 9.17) is 4.52 Å². The molecule has 0 radical (unpaired) electrons. The summed E-state index contributed by atoms with van der Waals surface area (Å²) < 4.78 is 4.91. The third-order valence-corrected chi connectivity index (χ3v) is 3.66. The van der Waals surface area contributed by atoms with E-state index in [1.54, 1.807) is 6.26 Å². The topological polar surface area (TPSA) is 41.3 Å². The first-order chi connectivity index (χ1) is 8.20. The van der Waals surface area contributed by atoms with Crippen LogP contribution in [0.4, 0.5) is 0 Å². The highest BCUT2D eigenvalue weighted by Crippen LogP contribution is 2.18. The molecule has 1 fully saturated rings. The van der Waals surface area contributed by atoms with Crippen LogP contribution in [0.2, 0.25) is 0 Å². The van der Waals surface area contributed by atoms with Crippen molar-refractivity contribution in [2.24, 2.45) is 5.92 Å². The predicted octanol–water partition coefficient (Wildman–Crippen LogP) is 1.88. The molecule has 96 valence electrons. The number of hydrogen-bond acceptors (Lipinski definition) is 4. The van der Waals surface area contributed by atoms with Gasteiger partial charge in [0.25, 0.3) is 0 Å². The summed E-state index contributed by atoms with van der Waals surface area (Å²) in [6.45, 7) is 9.89. The van der Waals surface area contributed by atoms with Crippen LogP contribution >= 0.6 is 0 Å². The zero-order valence-electron chi connectivity index (χ0n) is 11.0. The first-order valence-corrected chi connectivity index (χ1v) is 6.57. The van der Waals surface area contributed by atoms with E-state index in [1.807, 2.05) is 6.07 Å². The van der Waals surface area contributed by atoms with Gasteiger partial charge in [-0.3, -0.25) is 4.90 Å². The van der Waals surface area contributed by atoms with Gasteiger partial charge in [-0.1, -0.05) is 25.9 Å². The molecular formula is C13H23N3O. The van der Waals surface area contributed by atoms with Crippen molar-refractivity contribution in [2.75, 3.05) is 13.1 Å². The van der Waals surface area contributed by atoms with Crippen molar-refractivity contribution in [3.05, 3.63) is 18.0 Å². The molecule has 1 aliphatic rings. The van der Waals surface area contributed by atoms with E-state index < -0.39 is 0 Å². The SMILES string of the molecule is CCC1CN(Cc2ccon2)C(C(C)C)CN1. The number of nitrogens with one attached hydrogen (secondary N) is 1. The third-order valence-electron chi connectivity index (χ3n) is 3.66. The minimum Gasteiger partial charge on any atom is -0.364 e. The summed E-state index contributed by atoms with van der Waals surface area (Å²) in [5.74, 6) is 0.659. The summed E-state index contributed by atoms with van der Waals surface area (Å²) in [6, 6.07) is 3.16. The summed E-state index contributed by atoms with van der Waals surface area (Å²) >= 11 is 0. The molecule has 17 heavy (non-hydrogen) atoms. The van der Waals surface area contributed by atoms with Crippen LogP contribution in [-0.4, -0.2) is 35.2 Å². The minimum absolute atomic E-state index is 0.592. The molecule has 1 aromatic rings. The summed E-state index contributed by atoms with van der Waals surface area (Å²) in [5.41, 5.74) is 1.03. The zero-order chi connectivity index (χ0) is 12.3. The highest BCUT2D eigenvalue weighted by Gasteiger charge is 2.29. The van der Waals surface area contributed by atoms with Gasteiger partial charge in [0.05, 0.1) is 5.69 Å². The Hall–Kier alpha value is -0.870. The average Bonchev–Trinajstić information content (AvgIpc) is 2.81.